The first kappa shape index (κ1) is 18.4. The van der Waals surface area contributed by atoms with Gasteiger partial charge in [-0.2, -0.15) is 0 Å². The summed E-state index contributed by atoms with van der Waals surface area (Å²) in [6, 6.07) is 0. The van der Waals surface area contributed by atoms with Crippen molar-refractivity contribution >= 4 is 5.97 Å². The van der Waals surface area contributed by atoms with Gasteiger partial charge in [-0.3, -0.25) is 4.79 Å². The Balaban J connectivity index is 2.29. The third-order valence-corrected chi connectivity index (χ3v) is 4.37. The first-order valence-electron chi connectivity index (χ1n) is 8.28. The molecule has 0 bridgehead atoms. The van der Waals surface area contributed by atoms with Gasteiger partial charge in [0.25, 0.3) is 0 Å². The molecule has 0 atom stereocenters. The lowest BCUT2D eigenvalue weighted by molar-refractivity contribution is -0.279. The van der Waals surface area contributed by atoms with E-state index < -0.39 is 11.2 Å². The third-order valence-electron chi connectivity index (χ3n) is 4.37. The highest BCUT2D eigenvalue weighted by atomic mass is 16.7. The first-order chi connectivity index (χ1) is 9.83. The minimum atomic E-state index is -0.460. The lowest BCUT2D eigenvalue weighted by Gasteiger charge is -2.37. The molecule has 1 fully saturated rings. The molecule has 1 aliphatic rings. The Kier molecular flexibility index (Phi) is 7.14. The molecule has 1 rings (SSSR count). The van der Waals surface area contributed by atoms with Gasteiger partial charge in [-0.1, -0.05) is 26.7 Å². The SMILES string of the molecule is CCCCCC1(C)OCC(COC(=O)C(C)(C)CC)CO1. The van der Waals surface area contributed by atoms with Crippen molar-refractivity contribution in [3.63, 3.8) is 0 Å². The molecular formula is C17H32O4. The van der Waals surface area contributed by atoms with Gasteiger partial charge in [0.2, 0.25) is 0 Å². The first-order valence-corrected chi connectivity index (χ1v) is 8.28. The van der Waals surface area contributed by atoms with Crippen molar-refractivity contribution in [1.29, 1.82) is 0 Å². The van der Waals surface area contributed by atoms with E-state index in [1.165, 1.54) is 12.8 Å². The van der Waals surface area contributed by atoms with Crippen LogP contribution in [0.25, 0.3) is 0 Å². The zero-order valence-electron chi connectivity index (χ0n) is 14.4. The second-order valence-corrected chi connectivity index (χ2v) is 6.91. The molecule has 1 aliphatic heterocycles. The summed E-state index contributed by atoms with van der Waals surface area (Å²) in [4.78, 5) is 11.9. The van der Waals surface area contributed by atoms with Crippen LogP contribution in [-0.4, -0.2) is 31.6 Å². The van der Waals surface area contributed by atoms with E-state index in [0.717, 1.165) is 19.3 Å². The van der Waals surface area contributed by atoms with E-state index in [1.807, 2.05) is 27.7 Å². The standard InChI is InChI=1S/C17H32O4/c1-6-8-9-10-17(5)20-12-14(13-21-17)11-19-15(18)16(3,4)7-2/h14H,6-13H2,1-5H3. The van der Waals surface area contributed by atoms with Crippen LogP contribution in [-0.2, 0) is 19.0 Å². The van der Waals surface area contributed by atoms with Crippen LogP contribution in [0.3, 0.4) is 0 Å². The second kappa shape index (κ2) is 8.14. The van der Waals surface area contributed by atoms with Gasteiger partial charge in [-0.15, -0.1) is 0 Å². The summed E-state index contributed by atoms with van der Waals surface area (Å²) < 4.78 is 17.1. The molecule has 0 aromatic heterocycles. The molecule has 124 valence electrons. The molecule has 21 heavy (non-hydrogen) atoms. The summed E-state index contributed by atoms with van der Waals surface area (Å²) in [5.41, 5.74) is -0.412. The largest absolute Gasteiger partial charge is 0.465 e. The number of carbonyl (C=O) groups is 1. The highest BCUT2D eigenvalue weighted by molar-refractivity contribution is 5.75. The molecule has 4 nitrogen and oxygen atoms in total. The highest BCUT2D eigenvalue weighted by Gasteiger charge is 2.34. The molecule has 0 amide bonds. The van der Waals surface area contributed by atoms with Crippen molar-refractivity contribution < 1.29 is 19.0 Å². The van der Waals surface area contributed by atoms with Gasteiger partial charge >= 0.3 is 5.97 Å². The maximum atomic E-state index is 11.9. The van der Waals surface area contributed by atoms with Gasteiger partial charge in [-0.25, -0.2) is 0 Å². The molecule has 1 saturated heterocycles. The van der Waals surface area contributed by atoms with Crippen molar-refractivity contribution in [3.8, 4) is 0 Å². The van der Waals surface area contributed by atoms with Gasteiger partial charge in [0, 0.05) is 12.3 Å². The van der Waals surface area contributed by atoms with E-state index in [4.69, 9.17) is 14.2 Å². The molecule has 0 aromatic rings. The number of carbonyl (C=O) groups excluding carboxylic acids is 1. The van der Waals surface area contributed by atoms with Crippen LogP contribution in [0.2, 0.25) is 0 Å². The summed E-state index contributed by atoms with van der Waals surface area (Å²) in [5, 5.41) is 0. The summed E-state index contributed by atoms with van der Waals surface area (Å²) in [5.74, 6) is -0.458. The zero-order valence-corrected chi connectivity index (χ0v) is 14.4. The molecule has 4 heteroatoms. The molecule has 0 radical (unpaired) electrons. The monoisotopic (exact) mass is 300 g/mol. The van der Waals surface area contributed by atoms with Crippen molar-refractivity contribution in [2.45, 2.75) is 72.5 Å². The molecule has 0 unspecified atom stereocenters. The molecule has 0 saturated carbocycles. The van der Waals surface area contributed by atoms with Crippen LogP contribution in [0, 0.1) is 11.3 Å². The predicted molar refractivity (Wildman–Crippen MR) is 83.0 cm³/mol. The normalized spacial score (nSPS) is 26.6. The number of rotatable bonds is 8. The molecular weight excluding hydrogens is 268 g/mol. The molecule has 0 spiro atoms. The number of hydrogen-bond acceptors (Lipinski definition) is 4. The Morgan fingerprint density at radius 3 is 2.38 bits per heavy atom. The van der Waals surface area contributed by atoms with Crippen molar-refractivity contribution in [1.82, 2.24) is 0 Å². The van der Waals surface area contributed by atoms with E-state index >= 15 is 0 Å². The summed E-state index contributed by atoms with van der Waals surface area (Å²) >= 11 is 0. The van der Waals surface area contributed by atoms with E-state index in [-0.39, 0.29) is 11.9 Å². The minimum absolute atomic E-state index is 0.138. The average Bonchev–Trinajstić information content (AvgIpc) is 2.46. The maximum absolute atomic E-state index is 11.9. The minimum Gasteiger partial charge on any atom is -0.465 e. The van der Waals surface area contributed by atoms with E-state index in [0.29, 0.717) is 19.8 Å². The van der Waals surface area contributed by atoms with E-state index in [1.54, 1.807) is 0 Å². The lowest BCUT2D eigenvalue weighted by Crippen LogP contribution is -2.43. The Morgan fingerprint density at radius 2 is 1.86 bits per heavy atom. The van der Waals surface area contributed by atoms with Gasteiger partial charge in [0.15, 0.2) is 5.79 Å². The fraction of sp³-hybridized carbons (Fsp3) is 0.941. The fourth-order valence-corrected chi connectivity index (χ4v) is 2.15. The molecule has 0 aliphatic carbocycles. The van der Waals surface area contributed by atoms with E-state index in [9.17, 15) is 4.79 Å². The molecule has 1 heterocycles. The second-order valence-electron chi connectivity index (χ2n) is 6.91. The van der Waals surface area contributed by atoms with Crippen LogP contribution in [0.1, 0.15) is 66.7 Å². The average molecular weight is 300 g/mol. The Bertz CT molecular complexity index is 317. The number of hydrogen-bond donors (Lipinski definition) is 0. The highest BCUT2D eigenvalue weighted by Crippen LogP contribution is 2.28. The van der Waals surface area contributed by atoms with Crippen LogP contribution in [0.15, 0.2) is 0 Å². The smallest absolute Gasteiger partial charge is 0.311 e. The number of ether oxygens (including phenoxy) is 3. The summed E-state index contributed by atoms with van der Waals surface area (Å²) in [6.45, 7) is 11.6. The van der Waals surface area contributed by atoms with Crippen LogP contribution in [0.5, 0.6) is 0 Å². The van der Waals surface area contributed by atoms with Gasteiger partial charge in [-0.05, 0) is 33.6 Å². The van der Waals surface area contributed by atoms with Gasteiger partial charge < -0.3 is 14.2 Å². The Morgan fingerprint density at radius 1 is 1.24 bits per heavy atom. The fourth-order valence-electron chi connectivity index (χ4n) is 2.15. The topological polar surface area (TPSA) is 44.8 Å². The van der Waals surface area contributed by atoms with Gasteiger partial charge in [0.05, 0.1) is 25.2 Å². The van der Waals surface area contributed by atoms with Crippen LogP contribution >= 0.6 is 0 Å². The third kappa shape index (κ3) is 5.95. The predicted octanol–water partition coefficient (Wildman–Crippen LogP) is 3.93. The molecule has 0 aromatic carbocycles. The van der Waals surface area contributed by atoms with Crippen molar-refractivity contribution in [3.05, 3.63) is 0 Å². The maximum Gasteiger partial charge on any atom is 0.311 e. The lowest BCUT2D eigenvalue weighted by atomic mass is 9.91. The summed E-state index contributed by atoms with van der Waals surface area (Å²) in [6.07, 6.45) is 5.23. The Hall–Kier alpha value is -0.610. The van der Waals surface area contributed by atoms with Crippen molar-refractivity contribution in [2.75, 3.05) is 19.8 Å². The van der Waals surface area contributed by atoms with Crippen molar-refractivity contribution in [2.24, 2.45) is 11.3 Å². The quantitative estimate of drug-likeness (QED) is 0.503. The summed E-state index contributed by atoms with van der Waals surface area (Å²) in [7, 11) is 0. The van der Waals surface area contributed by atoms with Gasteiger partial charge in [0.1, 0.15) is 0 Å². The Labute approximate surface area is 129 Å². The van der Waals surface area contributed by atoms with E-state index in [2.05, 4.69) is 6.92 Å². The molecule has 0 N–H and O–H groups in total. The zero-order chi connectivity index (χ0) is 15.9. The number of unbranched alkanes of at least 4 members (excludes halogenated alkanes) is 2. The van der Waals surface area contributed by atoms with Crippen LogP contribution < -0.4 is 0 Å². The number of esters is 1. The van der Waals surface area contributed by atoms with Crippen LogP contribution in [0.4, 0.5) is 0 Å².